The maximum Gasteiger partial charge on any atom is 0.0349 e. The summed E-state index contributed by atoms with van der Waals surface area (Å²) in [6, 6.07) is 9.48. The normalized spacial score (nSPS) is 12.0. The molecular weight excluding hydrogens is 436 g/mol. The molecule has 36 heavy (non-hydrogen) atoms. The van der Waals surface area contributed by atoms with Gasteiger partial charge in [-0.25, -0.2) is 0 Å². The Kier molecular flexibility index (Phi) is 12.4. The fraction of sp³-hybridized carbons (Fsp3) is 0.647. The van der Waals surface area contributed by atoms with Crippen LogP contribution in [-0.4, -0.2) is 0 Å². The summed E-state index contributed by atoms with van der Waals surface area (Å²) in [5.41, 5.74) is 23.7. The molecule has 0 spiro atoms. The fourth-order valence-electron chi connectivity index (χ4n) is 4.93. The van der Waals surface area contributed by atoms with Crippen LogP contribution in [-0.2, 0) is 38.5 Å². The fourth-order valence-corrected chi connectivity index (χ4v) is 4.93. The first-order valence-electron chi connectivity index (χ1n) is 14.8. The molecule has 0 aliphatic carbocycles. The average molecular weight is 493 g/mol. The van der Waals surface area contributed by atoms with Crippen molar-refractivity contribution in [3.05, 3.63) is 57.6 Å². The standard InChI is InChI=1S/C34H56N2/c1-23(2)9-13-29-21-33(35)31(15-11-25(5)6)19-27(29)17-18-28-20-32(16-12-26(7)8)34(36)22-30(28)14-10-24(3)4/h19-26H,9-18,35-36H2,1-8H3. The van der Waals surface area contributed by atoms with Crippen LogP contribution in [0.5, 0.6) is 0 Å². The van der Waals surface area contributed by atoms with Crippen LogP contribution in [0, 0.1) is 23.7 Å². The molecule has 2 aromatic rings. The van der Waals surface area contributed by atoms with Crippen LogP contribution in [0.15, 0.2) is 24.3 Å². The van der Waals surface area contributed by atoms with E-state index in [1.807, 2.05) is 0 Å². The van der Waals surface area contributed by atoms with Crippen LogP contribution >= 0.6 is 0 Å². The molecule has 2 aromatic carbocycles. The Bertz CT molecular complexity index is 859. The van der Waals surface area contributed by atoms with Crippen molar-refractivity contribution >= 4 is 11.4 Å². The molecule has 0 aliphatic rings. The Morgan fingerprint density at radius 1 is 0.389 bits per heavy atom. The zero-order valence-electron chi connectivity index (χ0n) is 24.8. The van der Waals surface area contributed by atoms with Crippen molar-refractivity contribution in [2.75, 3.05) is 11.5 Å². The molecule has 0 radical (unpaired) electrons. The second-order valence-electron chi connectivity index (χ2n) is 12.9. The quantitative estimate of drug-likeness (QED) is 0.244. The maximum atomic E-state index is 6.56. The van der Waals surface area contributed by atoms with E-state index in [-0.39, 0.29) is 0 Å². The summed E-state index contributed by atoms with van der Waals surface area (Å²) in [5.74, 6) is 2.78. The second-order valence-corrected chi connectivity index (χ2v) is 12.9. The third kappa shape index (κ3) is 10.2. The lowest BCUT2D eigenvalue weighted by atomic mass is 9.88. The molecule has 0 saturated carbocycles. The highest BCUT2D eigenvalue weighted by molar-refractivity contribution is 5.54. The van der Waals surface area contributed by atoms with E-state index in [2.05, 4.69) is 79.7 Å². The van der Waals surface area contributed by atoms with Gasteiger partial charge in [-0.2, -0.15) is 0 Å². The summed E-state index contributed by atoms with van der Waals surface area (Å²) < 4.78 is 0. The van der Waals surface area contributed by atoms with E-state index in [0.29, 0.717) is 23.7 Å². The van der Waals surface area contributed by atoms with E-state index in [0.717, 1.165) is 49.9 Å². The predicted octanol–water partition coefficient (Wildman–Crippen LogP) is 8.99. The third-order valence-corrected chi connectivity index (χ3v) is 7.55. The Balaban J connectivity index is 2.37. The Hall–Kier alpha value is -1.96. The molecule has 0 unspecified atom stereocenters. The van der Waals surface area contributed by atoms with Gasteiger partial charge in [-0.3, -0.25) is 0 Å². The first kappa shape index (κ1) is 30.3. The SMILES string of the molecule is CC(C)CCc1cc(CCc2cc(CCC(C)C)c(N)cc2CCC(C)C)c(CCC(C)C)cc1N. The topological polar surface area (TPSA) is 52.0 Å². The van der Waals surface area contributed by atoms with Crippen LogP contribution < -0.4 is 11.5 Å². The zero-order valence-corrected chi connectivity index (χ0v) is 24.8. The Morgan fingerprint density at radius 2 is 0.639 bits per heavy atom. The monoisotopic (exact) mass is 492 g/mol. The summed E-state index contributed by atoms with van der Waals surface area (Å²) in [7, 11) is 0. The van der Waals surface area contributed by atoms with Crippen LogP contribution in [0.1, 0.15) is 114 Å². The highest BCUT2D eigenvalue weighted by Crippen LogP contribution is 2.28. The molecule has 0 saturated heterocycles. The van der Waals surface area contributed by atoms with Crippen LogP contribution in [0.25, 0.3) is 0 Å². The van der Waals surface area contributed by atoms with Gasteiger partial charge in [0.05, 0.1) is 0 Å². The average Bonchev–Trinajstić information content (AvgIpc) is 2.79. The Labute approximate surface area is 223 Å². The van der Waals surface area contributed by atoms with E-state index in [4.69, 9.17) is 11.5 Å². The van der Waals surface area contributed by atoms with Gasteiger partial charge in [-0.05, 0) is 133 Å². The van der Waals surface area contributed by atoms with Gasteiger partial charge in [0, 0.05) is 11.4 Å². The molecule has 4 N–H and O–H groups in total. The van der Waals surface area contributed by atoms with Gasteiger partial charge in [-0.1, -0.05) is 67.5 Å². The van der Waals surface area contributed by atoms with Gasteiger partial charge >= 0.3 is 0 Å². The van der Waals surface area contributed by atoms with E-state index in [1.54, 1.807) is 0 Å². The lowest BCUT2D eigenvalue weighted by Crippen LogP contribution is -2.08. The largest absolute Gasteiger partial charge is 0.398 e. The first-order valence-corrected chi connectivity index (χ1v) is 14.8. The number of rotatable bonds is 15. The number of hydrogen-bond acceptors (Lipinski definition) is 2. The third-order valence-electron chi connectivity index (χ3n) is 7.55. The van der Waals surface area contributed by atoms with Gasteiger partial charge in [0.15, 0.2) is 0 Å². The molecule has 2 rings (SSSR count). The molecule has 2 nitrogen and oxygen atoms in total. The van der Waals surface area contributed by atoms with Crippen molar-refractivity contribution in [1.82, 2.24) is 0 Å². The molecule has 0 bridgehead atoms. The maximum absolute atomic E-state index is 6.56. The molecule has 0 heterocycles. The number of nitrogen functional groups attached to an aromatic ring is 2. The molecule has 0 amide bonds. The van der Waals surface area contributed by atoms with Crippen molar-refractivity contribution in [2.45, 2.75) is 120 Å². The van der Waals surface area contributed by atoms with E-state index in [9.17, 15) is 0 Å². The summed E-state index contributed by atoms with van der Waals surface area (Å²) in [5, 5.41) is 0. The summed E-state index contributed by atoms with van der Waals surface area (Å²) in [6.07, 6.45) is 11.3. The minimum absolute atomic E-state index is 0.691. The number of nitrogens with two attached hydrogens (primary N) is 2. The van der Waals surface area contributed by atoms with Gasteiger partial charge in [0.25, 0.3) is 0 Å². The molecule has 0 aliphatic heterocycles. The van der Waals surface area contributed by atoms with Crippen LogP contribution in [0.4, 0.5) is 11.4 Å². The van der Waals surface area contributed by atoms with E-state index < -0.39 is 0 Å². The predicted molar refractivity (Wildman–Crippen MR) is 162 cm³/mol. The first-order chi connectivity index (χ1) is 17.0. The van der Waals surface area contributed by atoms with Crippen molar-refractivity contribution in [3.8, 4) is 0 Å². The minimum Gasteiger partial charge on any atom is -0.398 e. The van der Waals surface area contributed by atoms with Crippen molar-refractivity contribution in [1.29, 1.82) is 0 Å². The lowest BCUT2D eigenvalue weighted by molar-refractivity contribution is 0.580. The van der Waals surface area contributed by atoms with E-state index >= 15 is 0 Å². The minimum atomic E-state index is 0.691. The smallest absolute Gasteiger partial charge is 0.0349 e. The zero-order chi connectivity index (χ0) is 26.8. The molecule has 0 aromatic heterocycles. The van der Waals surface area contributed by atoms with Crippen molar-refractivity contribution in [2.24, 2.45) is 23.7 Å². The second kappa shape index (κ2) is 14.7. The van der Waals surface area contributed by atoms with Gasteiger partial charge < -0.3 is 11.5 Å². The van der Waals surface area contributed by atoms with Crippen LogP contribution in [0.3, 0.4) is 0 Å². The van der Waals surface area contributed by atoms with Gasteiger partial charge in [0.2, 0.25) is 0 Å². The van der Waals surface area contributed by atoms with E-state index in [1.165, 1.54) is 59.1 Å². The summed E-state index contributed by atoms with van der Waals surface area (Å²) in [6.45, 7) is 18.4. The molecule has 202 valence electrons. The highest BCUT2D eigenvalue weighted by atomic mass is 14.6. The van der Waals surface area contributed by atoms with Crippen molar-refractivity contribution in [3.63, 3.8) is 0 Å². The summed E-state index contributed by atoms with van der Waals surface area (Å²) >= 11 is 0. The highest BCUT2D eigenvalue weighted by Gasteiger charge is 2.14. The number of aryl methyl sites for hydroxylation is 6. The number of benzene rings is 2. The summed E-state index contributed by atoms with van der Waals surface area (Å²) in [4.78, 5) is 0. The van der Waals surface area contributed by atoms with Crippen LogP contribution in [0.2, 0.25) is 0 Å². The molecule has 0 atom stereocenters. The number of hydrogen-bond donors (Lipinski definition) is 2. The molecular formula is C34H56N2. The molecule has 2 heteroatoms. The van der Waals surface area contributed by atoms with Crippen molar-refractivity contribution < 1.29 is 0 Å². The lowest BCUT2D eigenvalue weighted by Gasteiger charge is -2.19. The van der Waals surface area contributed by atoms with Gasteiger partial charge in [0.1, 0.15) is 0 Å². The van der Waals surface area contributed by atoms with Gasteiger partial charge in [-0.15, -0.1) is 0 Å². The molecule has 0 fully saturated rings. The Morgan fingerprint density at radius 3 is 0.917 bits per heavy atom. The number of anilines is 2.